The van der Waals surface area contributed by atoms with E-state index in [9.17, 15) is 4.79 Å². The molecule has 0 saturated heterocycles. The fourth-order valence-corrected chi connectivity index (χ4v) is 2.19. The lowest BCUT2D eigenvalue weighted by molar-refractivity contribution is 0.0635. The van der Waals surface area contributed by atoms with Crippen LogP contribution in [0.4, 0.5) is 0 Å². The predicted molar refractivity (Wildman–Crippen MR) is 88.9 cm³/mol. The first-order valence-corrected chi connectivity index (χ1v) is 7.65. The van der Waals surface area contributed by atoms with Gasteiger partial charge in [-0.3, -0.25) is 4.79 Å². The second-order valence-electron chi connectivity index (χ2n) is 5.23. The quantitative estimate of drug-likeness (QED) is 0.797. The monoisotopic (exact) mass is 308 g/mol. The average Bonchev–Trinajstić information content (AvgIpc) is 2.61. The van der Waals surface area contributed by atoms with Crippen molar-refractivity contribution >= 4 is 5.91 Å². The normalized spacial score (nSPS) is 11.5. The Morgan fingerprint density at radius 2 is 2.00 bits per heavy atom. The van der Waals surface area contributed by atoms with Crippen LogP contribution in [0.15, 0.2) is 54.6 Å². The number of nitrogens with zero attached hydrogens (tertiary/aromatic N) is 1. The van der Waals surface area contributed by atoms with E-state index in [1.54, 1.807) is 24.3 Å². The van der Waals surface area contributed by atoms with Crippen molar-refractivity contribution in [3.05, 3.63) is 71.3 Å². The molecule has 1 amide bonds. The summed E-state index contributed by atoms with van der Waals surface area (Å²) < 4.78 is 5.76. The molecule has 2 aromatic rings. The third kappa shape index (κ3) is 5.24. The lowest BCUT2D eigenvalue weighted by atomic mass is 10.1. The first kappa shape index (κ1) is 16.7. The fraction of sp³-hybridized carbons (Fsp3) is 0.263. The average molecular weight is 308 g/mol. The largest absolute Gasteiger partial charge is 0.374 e. The summed E-state index contributed by atoms with van der Waals surface area (Å²) in [6.45, 7) is 3.13. The molecule has 0 saturated carbocycles. The fourth-order valence-electron chi connectivity index (χ4n) is 2.19. The Balaban J connectivity index is 1.69. The van der Waals surface area contributed by atoms with E-state index in [-0.39, 0.29) is 12.0 Å². The standard InChI is InChI=1S/C19H20N2O2/c1-15(17-8-3-2-4-9-17)23-12-6-11-21-19(22)18-10-5-7-16(13-18)14-20/h2-5,7-10,13,15H,6,11-12H2,1H3,(H,21,22). The molecule has 0 radical (unpaired) electrons. The number of ether oxygens (including phenoxy) is 1. The summed E-state index contributed by atoms with van der Waals surface area (Å²) in [7, 11) is 0. The van der Waals surface area contributed by atoms with Crippen molar-refractivity contribution in [1.82, 2.24) is 5.32 Å². The van der Waals surface area contributed by atoms with Gasteiger partial charge in [-0.2, -0.15) is 5.26 Å². The lowest BCUT2D eigenvalue weighted by Crippen LogP contribution is -2.25. The minimum absolute atomic E-state index is 0.0409. The summed E-state index contributed by atoms with van der Waals surface area (Å²) in [6, 6.07) is 18.7. The highest BCUT2D eigenvalue weighted by molar-refractivity contribution is 5.94. The van der Waals surface area contributed by atoms with E-state index in [4.69, 9.17) is 10.00 Å². The van der Waals surface area contributed by atoms with Gasteiger partial charge in [-0.15, -0.1) is 0 Å². The maximum absolute atomic E-state index is 12.0. The topological polar surface area (TPSA) is 62.1 Å². The Bertz CT molecular complexity index is 677. The van der Waals surface area contributed by atoms with Gasteiger partial charge in [0.15, 0.2) is 0 Å². The second-order valence-corrected chi connectivity index (χ2v) is 5.23. The van der Waals surface area contributed by atoms with Crippen LogP contribution >= 0.6 is 0 Å². The molecule has 2 aromatic carbocycles. The van der Waals surface area contributed by atoms with E-state index in [0.717, 1.165) is 12.0 Å². The zero-order chi connectivity index (χ0) is 16.5. The van der Waals surface area contributed by atoms with Crippen LogP contribution in [0.1, 0.15) is 40.9 Å². The van der Waals surface area contributed by atoms with Crippen molar-refractivity contribution in [2.75, 3.05) is 13.2 Å². The van der Waals surface area contributed by atoms with Crippen LogP contribution in [0.25, 0.3) is 0 Å². The molecule has 0 aliphatic heterocycles. The second kappa shape index (κ2) is 8.72. The molecular formula is C19H20N2O2. The molecule has 23 heavy (non-hydrogen) atoms. The van der Waals surface area contributed by atoms with E-state index in [1.165, 1.54) is 0 Å². The molecule has 1 atom stereocenters. The van der Waals surface area contributed by atoms with Gasteiger partial charge in [0.1, 0.15) is 0 Å². The first-order chi connectivity index (χ1) is 11.2. The summed E-state index contributed by atoms with van der Waals surface area (Å²) in [5.41, 5.74) is 2.13. The minimum Gasteiger partial charge on any atom is -0.374 e. The lowest BCUT2D eigenvalue weighted by Gasteiger charge is -2.13. The summed E-state index contributed by atoms with van der Waals surface area (Å²) in [5, 5.41) is 11.7. The molecule has 118 valence electrons. The van der Waals surface area contributed by atoms with Crippen molar-refractivity contribution in [1.29, 1.82) is 5.26 Å². The molecule has 0 fully saturated rings. The van der Waals surface area contributed by atoms with E-state index >= 15 is 0 Å². The van der Waals surface area contributed by atoms with Gasteiger partial charge in [-0.05, 0) is 37.1 Å². The van der Waals surface area contributed by atoms with Crippen molar-refractivity contribution in [3.8, 4) is 6.07 Å². The van der Waals surface area contributed by atoms with E-state index in [1.807, 2.05) is 43.3 Å². The van der Waals surface area contributed by atoms with Crippen molar-refractivity contribution in [2.45, 2.75) is 19.4 Å². The van der Waals surface area contributed by atoms with Gasteiger partial charge in [-0.25, -0.2) is 0 Å². The Morgan fingerprint density at radius 3 is 2.74 bits per heavy atom. The smallest absolute Gasteiger partial charge is 0.251 e. The zero-order valence-electron chi connectivity index (χ0n) is 13.2. The van der Waals surface area contributed by atoms with Gasteiger partial charge < -0.3 is 10.1 Å². The minimum atomic E-state index is -0.168. The summed E-state index contributed by atoms with van der Waals surface area (Å²) in [4.78, 5) is 12.0. The molecule has 1 N–H and O–H groups in total. The van der Waals surface area contributed by atoms with Crippen molar-refractivity contribution in [3.63, 3.8) is 0 Å². The number of nitrogens with one attached hydrogen (secondary N) is 1. The third-order valence-corrected chi connectivity index (χ3v) is 3.50. The van der Waals surface area contributed by atoms with Gasteiger partial charge in [0.05, 0.1) is 17.7 Å². The van der Waals surface area contributed by atoms with E-state index < -0.39 is 0 Å². The molecule has 4 heteroatoms. The van der Waals surface area contributed by atoms with Crippen LogP contribution in [-0.2, 0) is 4.74 Å². The molecular weight excluding hydrogens is 288 g/mol. The number of benzene rings is 2. The van der Waals surface area contributed by atoms with Crippen LogP contribution in [0, 0.1) is 11.3 Å². The zero-order valence-corrected chi connectivity index (χ0v) is 13.2. The number of hydrogen-bond acceptors (Lipinski definition) is 3. The van der Waals surface area contributed by atoms with Gasteiger partial charge in [0.25, 0.3) is 5.91 Å². The van der Waals surface area contributed by atoms with Crippen LogP contribution in [0.2, 0.25) is 0 Å². The predicted octanol–water partition coefficient (Wildman–Crippen LogP) is 3.46. The SMILES string of the molecule is CC(OCCCNC(=O)c1cccc(C#N)c1)c1ccccc1. The van der Waals surface area contributed by atoms with Crippen LogP contribution < -0.4 is 5.32 Å². The van der Waals surface area contributed by atoms with Crippen LogP contribution in [-0.4, -0.2) is 19.1 Å². The van der Waals surface area contributed by atoms with Crippen LogP contribution in [0.3, 0.4) is 0 Å². The van der Waals surface area contributed by atoms with Gasteiger partial charge in [0.2, 0.25) is 0 Å². The highest BCUT2D eigenvalue weighted by Gasteiger charge is 2.07. The molecule has 0 spiro atoms. The highest BCUT2D eigenvalue weighted by Crippen LogP contribution is 2.15. The Morgan fingerprint density at radius 1 is 1.22 bits per heavy atom. The number of hydrogen-bond donors (Lipinski definition) is 1. The van der Waals surface area contributed by atoms with Gasteiger partial charge >= 0.3 is 0 Å². The number of nitriles is 1. The maximum atomic E-state index is 12.0. The summed E-state index contributed by atoms with van der Waals surface area (Å²) >= 11 is 0. The van der Waals surface area contributed by atoms with Gasteiger partial charge in [0, 0.05) is 18.7 Å². The summed E-state index contributed by atoms with van der Waals surface area (Å²) in [5.74, 6) is -0.168. The Kier molecular flexibility index (Phi) is 6.34. The Hall–Kier alpha value is -2.64. The van der Waals surface area contributed by atoms with Crippen molar-refractivity contribution in [2.24, 2.45) is 0 Å². The summed E-state index contributed by atoms with van der Waals surface area (Å²) in [6.07, 6.45) is 0.778. The number of carbonyl (C=O) groups excluding carboxylic acids is 1. The number of amides is 1. The van der Waals surface area contributed by atoms with E-state index in [2.05, 4.69) is 5.32 Å². The third-order valence-electron chi connectivity index (χ3n) is 3.50. The molecule has 0 bridgehead atoms. The van der Waals surface area contributed by atoms with Crippen molar-refractivity contribution < 1.29 is 9.53 Å². The molecule has 0 aliphatic carbocycles. The van der Waals surface area contributed by atoms with Gasteiger partial charge in [-0.1, -0.05) is 36.4 Å². The molecule has 0 aliphatic rings. The first-order valence-electron chi connectivity index (χ1n) is 7.65. The molecule has 0 heterocycles. The number of carbonyl (C=O) groups is 1. The molecule has 4 nitrogen and oxygen atoms in total. The maximum Gasteiger partial charge on any atom is 0.251 e. The van der Waals surface area contributed by atoms with E-state index in [0.29, 0.717) is 24.3 Å². The molecule has 0 aromatic heterocycles. The molecule has 2 rings (SSSR count). The Labute approximate surface area is 136 Å². The number of rotatable bonds is 7. The highest BCUT2D eigenvalue weighted by atomic mass is 16.5. The molecule has 1 unspecified atom stereocenters. The van der Waals surface area contributed by atoms with Crippen LogP contribution in [0.5, 0.6) is 0 Å².